The van der Waals surface area contributed by atoms with Crippen molar-refractivity contribution in [2.45, 2.75) is 32.4 Å². The summed E-state index contributed by atoms with van der Waals surface area (Å²) in [5.74, 6) is 0.928. The van der Waals surface area contributed by atoms with Crippen molar-refractivity contribution in [3.63, 3.8) is 0 Å². The van der Waals surface area contributed by atoms with Crippen LogP contribution in [0.2, 0.25) is 0 Å². The zero-order chi connectivity index (χ0) is 14.3. The highest BCUT2D eigenvalue weighted by Gasteiger charge is 2.17. The van der Waals surface area contributed by atoms with Gasteiger partial charge in [-0.25, -0.2) is 0 Å². The SMILES string of the molecule is CC(C)NCCC(=O)NCC(c1ccco1)N(C)C. The second-order valence-corrected chi connectivity index (χ2v) is 5.16. The summed E-state index contributed by atoms with van der Waals surface area (Å²) in [5.41, 5.74) is 0. The fourth-order valence-corrected chi connectivity index (χ4v) is 1.79. The average molecular weight is 267 g/mol. The summed E-state index contributed by atoms with van der Waals surface area (Å²) in [6.07, 6.45) is 2.15. The molecule has 2 N–H and O–H groups in total. The van der Waals surface area contributed by atoms with Gasteiger partial charge in [0.25, 0.3) is 0 Å². The first-order chi connectivity index (χ1) is 9.00. The van der Waals surface area contributed by atoms with Crippen LogP contribution in [-0.4, -0.2) is 44.0 Å². The molecule has 1 aromatic rings. The van der Waals surface area contributed by atoms with E-state index in [9.17, 15) is 4.79 Å². The maximum Gasteiger partial charge on any atom is 0.221 e. The van der Waals surface area contributed by atoms with E-state index in [1.165, 1.54) is 0 Å². The number of hydrogen-bond acceptors (Lipinski definition) is 4. The third-order valence-corrected chi connectivity index (χ3v) is 2.89. The highest BCUT2D eigenvalue weighted by Crippen LogP contribution is 2.17. The molecule has 1 atom stereocenters. The minimum Gasteiger partial charge on any atom is -0.468 e. The van der Waals surface area contributed by atoms with Gasteiger partial charge >= 0.3 is 0 Å². The first-order valence-electron chi connectivity index (χ1n) is 6.70. The second kappa shape index (κ2) is 7.96. The van der Waals surface area contributed by atoms with E-state index in [-0.39, 0.29) is 11.9 Å². The average Bonchev–Trinajstić information content (AvgIpc) is 2.82. The number of amides is 1. The van der Waals surface area contributed by atoms with Crippen LogP contribution < -0.4 is 10.6 Å². The molecule has 1 unspecified atom stereocenters. The van der Waals surface area contributed by atoms with Crippen molar-refractivity contribution in [1.29, 1.82) is 0 Å². The Morgan fingerprint density at radius 1 is 1.42 bits per heavy atom. The molecule has 0 aliphatic carbocycles. The van der Waals surface area contributed by atoms with Crippen LogP contribution in [0, 0.1) is 0 Å². The molecule has 0 saturated heterocycles. The monoisotopic (exact) mass is 267 g/mol. The Morgan fingerprint density at radius 3 is 2.68 bits per heavy atom. The van der Waals surface area contributed by atoms with Crippen molar-refractivity contribution in [3.8, 4) is 0 Å². The molecular formula is C14H25N3O2. The molecule has 1 rings (SSSR count). The van der Waals surface area contributed by atoms with Gasteiger partial charge in [-0.05, 0) is 26.2 Å². The molecule has 0 bridgehead atoms. The summed E-state index contributed by atoms with van der Waals surface area (Å²) >= 11 is 0. The van der Waals surface area contributed by atoms with Gasteiger partial charge in [0.05, 0.1) is 12.3 Å². The fourth-order valence-electron chi connectivity index (χ4n) is 1.79. The number of nitrogens with zero attached hydrogens (tertiary/aromatic N) is 1. The molecule has 0 aliphatic rings. The van der Waals surface area contributed by atoms with Gasteiger partial charge in [0, 0.05) is 25.6 Å². The van der Waals surface area contributed by atoms with E-state index in [0.717, 1.165) is 5.76 Å². The summed E-state index contributed by atoms with van der Waals surface area (Å²) in [6, 6.07) is 4.26. The maximum absolute atomic E-state index is 11.7. The van der Waals surface area contributed by atoms with Gasteiger partial charge in [0.2, 0.25) is 5.91 Å². The van der Waals surface area contributed by atoms with Gasteiger partial charge in [-0.3, -0.25) is 9.69 Å². The summed E-state index contributed by atoms with van der Waals surface area (Å²) in [5, 5.41) is 6.17. The van der Waals surface area contributed by atoms with Crippen LogP contribution in [0.25, 0.3) is 0 Å². The van der Waals surface area contributed by atoms with Crippen molar-refractivity contribution in [2.24, 2.45) is 0 Å². The Kier molecular flexibility index (Phi) is 6.59. The lowest BCUT2D eigenvalue weighted by molar-refractivity contribution is -0.121. The maximum atomic E-state index is 11.7. The Bertz CT molecular complexity index is 361. The van der Waals surface area contributed by atoms with Gasteiger partial charge in [-0.2, -0.15) is 0 Å². The molecule has 108 valence electrons. The van der Waals surface area contributed by atoms with Gasteiger partial charge in [-0.1, -0.05) is 13.8 Å². The Balaban J connectivity index is 2.34. The molecule has 0 aromatic carbocycles. The summed E-state index contributed by atoms with van der Waals surface area (Å²) in [4.78, 5) is 13.8. The van der Waals surface area contributed by atoms with Gasteiger partial charge in [0.15, 0.2) is 0 Å². The van der Waals surface area contributed by atoms with Crippen LogP contribution in [-0.2, 0) is 4.79 Å². The van der Waals surface area contributed by atoms with Crippen LogP contribution in [0.5, 0.6) is 0 Å². The van der Waals surface area contributed by atoms with E-state index in [2.05, 4.69) is 24.5 Å². The third-order valence-electron chi connectivity index (χ3n) is 2.89. The standard InChI is InChI=1S/C14H25N3O2/c1-11(2)15-8-7-14(18)16-10-12(17(3)4)13-6-5-9-19-13/h5-6,9,11-12,15H,7-8,10H2,1-4H3,(H,16,18). The van der Waals surface area contributed by atoms with Crippen LogP contribution in [0.1, 0.15) is 32.1 Å². The number of rotatable bonds is 8. The quantitative estimate of drug-likeness (QED) is 0.747. The lowest BCUT2D eigenvalue weighted by Gasteiger charge is -2.22. The van der Waals surface area contributed by atoms with E-state index < -0.39 is 0 Å². The Morgan fingerprint density at radius 2 is 2.16 bits per heavy atom. The van der Waals surface area contributed by atoms with Crippen molar-refractivity contribution >= 4 is 5.91 Å². The molecule has 1 amide bonds. The second-order valence-electron chi connectivity index (χ2n) is 5.16. The zero-order valence-corrected chi connectivity index (χ0v) is 12.3. The third kappa shape index (κ3) is 5.89. The molecule has 0 radical (unpaired) electrons. The van der Waals surface area contributed by atoms with Crippen LogP contribution in [0.15, 0.2) is 22.8 Å². The zero-order valence-electron chi connectivity index (χ0n) is 12.3. The molecule has 19 heavy (non-hydrogen) atoms. The lowest BCUT2D eigenvalue weighted by Crippen LogP contribution is -2.36. The molecule has 0 spiro atoms. The van der Waals surface area contributed by atoms with Crippen LogP contribution >= 0.6 is 0 Å². The van der Waals surface area contributed by atoms with Gasteiger partial charge < -0.3 is 15.1 Å². The topological polar surface area (TPSA) is 57.5 Å². The number of likely N-dealkylation sites (N-methyl/N-ethyl adjacent to an activating group) is 1. The summed E-state index contributed by atoms with van der Waals surface area (Å²) < 4.78 is 5.40. The number of hydrogen-bond donors (Lipinski definition) is 2. The molecule has 5 nitrogen and oxygen atoms in total. The Labute approximate surface area is 115 Å². The van der Waals surface area contributed by atoms with Crippen molar-refractivity contribution in [3.05, 3.63) is 24.2 Å². The predicted molar refractivity (Wildman–Crippen MR) is 75.9 cm³/mol. The molecule has 0 saturated carbocycles. The molecular weight excluding hydrogens is 242 g/mol. The highest BCUT2D eigenvalue weighted by molar-refractivity contribution is 5.76. The molecule has 1 heterocycles. The number of nitrogens with one attached hydrogen (secondary N) is 2. The number of carbonyl (C=O) groups is 1. The van der Waals surface area contributed by atoms with Crippen LogP contribution in [0.4, 0.5) is 0 Å². The minimum atomic E-state index is 0.0616. The molecule has 0 aliphatic heterocycles. The van der Waals surface area contributed by atoms with Crippen molar-refractivity contribution in [2.75, 3.05) is 27.2 Å². The van der Waals surface area contributed by atoms with E-state index in [0.29, 0.717) is 25.6 Å². The highest BCUT2D eigenvalue weighted by atomic mass is 16.3. The van der Waals surface area contributed by atoms with Crippen LogP contribution in [0.3, 0.4) is 0 Å². The molecule has 1 aromatic heterocycles. The largest absolute Gasteiger partial charge is 0.468 e. The van der Waals surface area contributed by atoms with Crippen molar-refractivity contribution in [1.82, 2.24) is 15.5 Å². The number of furan rings is 1. The van der Waals surface area contributed by atoms with E-state index in [1.807, 2.05) is 31.1 Å². The van der Waals surface area contributed by atoms with Crippen molar-refractivity contribution < 1.29 is 9.21 Å². The predicted octanol–water partition coefficient (Wildman–Crippen LogP) is 1.39. The summed E-state index contributed by atoms with van der Waals surface area (Å²) in [6.45, 7) is 5.39. The first kappa shape index (κ1) is 15.7. The smallest absolute Gasteiger partial charge is 0.221 e. The molecule has 5 heteroatoms. The molecule has 0 fully saturated rings. The normalized spacial score (nSPS) is 12.9. The lowest BCUT2D eigenvalue weighted by atomic mass is 10.2. The summed E-state index contributed by atoms with van der Waals surface area (Å²) in [7, 11) is 3.94. The van der Waals surface area contributed by atoms with E-state index >= 15 is 0 Å². The van der Waals surface area contributed by atoms with E-state index in [4.69, 9.17) is 4.42 Å². The Hall–Kier alpha value is -1.33. The minimum absolute atomic E-state index is 0.0616. The van der Waals surface area contributed by atoms with Gasteiger partial charge in [0.1, 0.15) is 5.76 Å². The number of carbonyl (C=O) groups excluding carboxylic acids is 1. The fraction of sp³-hybridized carbons (Fsp3) is 0.643. The van der Waals surface area contributed by atoms with E-state index in [1.54, 1.807) is 6.26 Å². The van der Waals surface area contributed by atoms with Gasteiger partial charge in [-0.15, -0.1) is 0 Å². The first-order valence-corrected chi connectivity index (χ1v) is 6.70.